The molecule has 0 amide bonds. The summed E-state index contributed by atoms with van der Waals surface area (Å²) in [5.41, 5.74) is 0.683. The van der Waals surface area contributed by atoms with E-state index in [0.717, 1.165) is 18.8 Å². The summed E-state index contributed by atoms with van der Waals surface area (Å²) >= 11 is 0. The first-order chi connectivity index (χ1) is 25.2. The van der Waals surface area contributed by atoms with E-state index in [2.05, 4.69) is 23.6 Å². The second-order valence-electron chi connectivity index (χ2n) is 14.7. The van der Waals surface area contributed by atoms with Crippen molar-refractivity contribution in [2.75, 3.05) is 13.2 Å². The molecule has 6 nitrogen and oxygen atoms in total. The van der Waals surface area contributed by atoms with Crippen LogP contribution in [0.5, 0.6) is 0 Å². The van der Waals surface area contributed by atoms with Crippen LogP contribution >= 0.6 is 0 Å². The number of ether oxygens (including phenoxy) is 1. The molecule has 0 atom stereocenters. The number of benzene rings is 3. The third-order valence-electron chi connectivity index (χ3n) is 8.87. The molecule has 0 aliphatic carbocycles. The minimum Gasteiger partial charge on any atom is -0.392 e. The van der Waals surface area contributed by atoms with E-state index in [1.807, 2.05) is 69.2 Å². The summed E-state index contributed by atoms with van der Waals surface area (Å²) in [6, 6.07) is 17.5. The van der Waals surface area contributed by atoms with Gasteiger partial charge in [0.25, 0.3) is 0 Å². The molecule has 3 aliphatic heterocycles. The van der Waals surface area contributed by atoms with Crippen molar-refractivity contribution in [3.05, 3.63) is 113 Å². The van der Waals surface area contributed by atoms with Gasteiger partial charge in [-0.3, -0.25) is 5.92 Å². The molecule has 0 N–H and O–H groups in total. The van der Waals surface area contributed by atoms with Crippen molar-refractivity contribution < 1.29 is 60.0 Å². The van der Waals surface area contributed by atoms with Crippen molar-refractivity contribution in [1.29, 1.82) is 0 Å². The molecule has 3 aromatic carbocycles. The van der Waals surface area contributed by atoms with Crippen LogP contribution in [-0.2, 0) is 28.0 Å². The second kappa shape index (κ2) is 23.0. The molecular weight excluding hydrogens is 698 g/mol. The Morgan fingerprint density at radius 2 is 1.00 bits per heavy atom. The van der Waals surface area contributed by atoms with Gasteiger partial charge in [-0.2, -0.15) is 0 Å². The topological polar surface area (TPSA) is 55.4 Å². The zero-order valence-corrected chi connectivity index (χ0v) is 34.1. The first kappa shape index (κ1) is 49.6. The van der Waals surface area contributed by atoms with Crippen molar-refractivity contribution in [2.45, 2.75) is 111 Å². The van der Waals surface area contributed by atoms with Gasteiger partial charge in [0.1, 0.15) is 17.5 Å². The molecule has 3 saturated heterocycles. The van der Waals surface area contributed by atoms with Crippen LogP contribution in [0.4, 0.5) is 13.2 Å². The molecule has 0 bridgehead atoms. The van der Waals surface area contributed by atoms with E-state index in [0.29, 0.717) is 11.1 Å². The van der Waals surface area contributed by atoms with E-state index in [-0.39, 0.29) is 64.8 Å². The van der Waals surface area contributed by atoms with Gasteiger partial charge in [0.05, 0.1) is 22.4 Å². The summed E-state index contributed by atoms with van der Waals surface area (Å²) in [5.74, 6) is 9.55. The fourth-order valence-electron chi connectivity index (χ4n) is 4.23. The number of hydrogen-bond acceptors (Lipinski definition) is 6. The molecule has 0 spiro atoms. The molecule has 3 fully saturated rings. The van der Waals surface area contributed by atoms with Crippen LogP contribution in [-0.4, -0.2) is 56.2 Å². The average Bonchev–Trinajstić information content (AvgIpc) is 3.80. The van der Waals surface area contributed by atoms with Crippen LogP contribution in [0.2, 0.25) is 0 Å². The fourth-order valence-corrected chi connectivity index (χ4v) is 4.23. The summed E-state index contributed by atoms with van der Waals surface area (Å²) in [6.45, 7) is 21.9. The molecule has 3 aromatic rings. The molecule has 6 rings (SSSR count). The minimum absolute atomic E-state index is 0. The third kappa shape index (κ3) is 17.5. The van der Waals surface area contributed by atoms with E-state index in [9.17, 15) is 13.2 Å². The molecule has 0 aromatic heterocycles. The molecular formula is C43H52B2F3LiO6. The summed E-state index contributed by atoms with van der Waals surface area (Å²) < 4.78 is 70.1. The van der Waals surface area contributed by atoms with Crippen molar-refractivity contribution in [1.82, 2.24) is 0 Å². The Hall–Kier alpha value is -3.38. The minimum atomic E-state index is -0.542. The SMILES string of the molecule is C#Cc1ccc(F)cc1.C1CCOC1.CC(C)OB1OC(C)(C)C(C)(C)O1.CC1(C)OB(C#Cc2ccc(F)cc2)OC1(C)C.[C-]#Cc1ccc(F)cc1.[Li+]. The number of terminal acetylenes is 1. The van der Waals surface area contributed by atoms with E-state index in [1.165, 1.54) is 61.4 Å². The molecule has 55 heavy (non-hydrogen) atoms. The Kier molecular flexibility index (Phi) is 20.8. The molecule has 0 unspecified atom stereocenters. The molecule has 288 valence electrons. The normalized spacial score (nSPS) is 17.7. The van der Waals surface area contributed by atoms with Gasteiger partial charge in [-0.1, -0.05) is 17.7 Å². The quantitative estimate of drug-likeness (QED) is 0.177. The maximum atomic E-state index is 12.7. The first-order valence-electron chi connectivity index (χ1n) is 17.8. The third-order valence-corrected chi connectivity index (χ3v) is 8.87. The Morgan fingerprint density at radius 1 is 0.636 bits per heavy atom. The molecule has 3 aliphatic rings. The van der Waals surface area contributed by atoms with E-state index in [1.54, 1.807) is 24.3 Å². The van der Waals surface area contributed by atoms with Gasteiger partial charge < -0.3 is 34.4 Å². The van der Waals surface area contributed by atoms with Crippen LogP contribution < -0.4 is 18.9 Å². The smallest absolute Gasteiger partial charge is 0.392 e. The Labute approximate surface area is 340 Å². The summed E-state index contributed by atoms with van der Waals surface area (Å²) in [7, 11) is -1.06. The van der Waals surface area contributed by atoms with Crippen molar-refractivity contribution in [3.63, 3.8) is 0 Å². The largest absolute Gasteiger partial charge is 1.00 e. The van der Waals surface area contributed by atoms with Crippen molar-refractivity contribution >= 4 is 14.4 Å². The van der Waals surface area contributed by atoms with Crippen LogP contribution in [0.15, 0.2) is 72.8 Å². The van der Waals surface area contributed by atoms with Gasteiger partial charge >= 0.3 is 33.3 Å². The second-order valence-corrected chi connectivity index (χ2v) is 14.7. The van der Waals surface area contributed by atoms with E-state index < -0.39 is 14.4 Å². The van der Waals surface area contributed by atoms with Crippen molar-refractivity contribution in [2.24, 2.45) is 0 Å². The predicted molar refractivity (Wildman–Crippen MR) is 209 cm³/mol. The van der Waals surface area contributed by atoms with Crippen LogP contribution in [0, 0.1) is 53.9 Å². The zero-order valence-electron chi connectivity index (χ0n) is 34.1. The molecule has 12 heteroatoms. The Morgan fingerprint density at radius 3 is 1.33 bits per heavy atom. The van der Waals surface area contributed by atoms with Gasteiger partial charge in [-0.25, -0.2) is 13.2 Å². The van der Waals surface area contributed by atoms with Crippen LogP contribution in [0.25, 0.3) is 0 Å². The monoisotopic (exact) mass is 750 g/mol. The van der Waals surface area contributed by atoms with Gasteiger partial charge in [0.15, 0.2) is 0 Å². The standard InChI is InChI=1S/C14H16BFO2.C9H19BO3.C8H5F.C8H4F.C4H8O.Li/c1-13(2)14(3,4)18-15(17-13)10-9-11-5-7-12(16)8-6-11;1-7(2)11-10-12-8(3,4)9(5,6)13-10;2*1-2-7-3-5-8(9)6-4-7;1-2-4-5-3-1;/h5-8H,1-4H3;7H,1-6H3;1,3-6H;3-6H;1-4H2;/q;;;-1;;+1. The van der Waals surface area contributed by atoms with Gasteiger partial charge in [0.2, 0.25) is 0 Å². The van der Waals surface area contributed by atoms with Crippen LogP contribution in [0.1, 0.15) is 98.8 Å². The van der Waals surface area contributed by atoms with E-state index in [4.69, 9.17) is 40.9 Å². The Bertz CT molecular complexity index is 1630. The maximum Gasteiger partial charge on any atom is 1.00 e. The predicted octanol–water partition coefficient (Wildman–Crippen LogP) is 6.18. The molecule has 0 saturated carbocycles. The summed E-state index contributed by atoms with van der Waals surface area (Å²) in [4.78, 5) is 0. The number of halogens is 3. The van der Waals surface area contributed by atoms with E-state index >= 15 is 0 Å². The Balaban J connectivity index is 0.000000361. The average molecular weight is 750 g/mol. The first-order valence-corrected chi connectivity index (χ1v) is 17.8. The summed E-state index contributed by atoms with van der Waals surface area (Å²) in [6.07, 6.45) is 14.3. The summed E-state index contributed by atoms with van der Waals surface area (Å²) in [5, 5.41) is 0. The fraction of sp³-hybridized carbons (Fsp3) is 0.442. The van der Waals surface area contributed by atoms with Crippen molar-refractivity contribution in [3.8, 4) is 30.0 Å². The van der Waals surface area contributed by atoms with Crippen LogP contribution in [0.3, 0.4) is 0 Å². The van der Waals surface area contributed by atoms with Gasteiger partial charge in [-0.15, -0.1) is 24.1 Å². The van der Waals surface area contributed by atoms with Gasteiger partial charge in [-0.05, 0) is 143 Å². The maximum absolute atomic E-state index is 12.7. The molecule has 3 heterocycles. The van der Waals surface area contributed by atoms with Gasteiger partial charge in [0, 0.05) is 30.4 Å². The zero-order chi connectivity index (χ0) is 40.6. The number of rotatable bonds is 2. The molecule has 0 radical (unpaired) electrons. The number of hydrogen-bond donors (Lipinski definition) is 0.